The monoisotopic (exact) mass is 406 g/mol. The van der Waals surface area contributed by atoms with Gasteiger partial charge >= 0.3 is 7.12 Å². The van der Waals surface area contributed by atoms with Crippen molar-refractivity contribution in [2.45, 2.75) is 51.7 Å². The fourth-order valence-electron chi connectivity index (χ4n) is 3.60. The van der Waals surface area contributed by atoms with Gasteiger partial charge in [0, 0.05) is 30.9 Å². The third-order valence-corrected chi connectivity index (χ3v) is 6.23. The molecule has 0 saturated carbocycles. The van der Waals surface area contributed by atoms with E-state index in [1.54, 1.807) is 17.1 Å². The van der Waals surface area contributed by atoms with Gasteiger partial charge in [-0.25, -0.2) is 0 Å². The van der Waals surface area contributed by atoms with E-state index in [9.17, 15) is 4.79 Å². The highest BCUT2D eigenvalue weighted by Crippen LogP contribution is 2.36. The second-order valence-corrected chi connectivity index (χ2v) is 8.90. The molecule has 0 amide bonds. The lowest BCUT2D eigenvalue weighted by Gasteiger charge is -2.32. The maximum Gasteiger partial charge on any atom is 0.494 e. The molecule has 30 heavy (non-hydrogen) atoms. The number of H-pyrrole nitrogens is 1. The smallest absolute Gasteiger partial charge is 0.399 e. The van der Waals surface area contributed by atoms with Crippen molar-refractivity contribution in [3.63, 3.8) is 0 Å². The van der Waals surface area contributed by atoms with E-state index in [0.29, 0.717) is 11.3 Å². The van der Waals surface area contributed by atoms with Gasteiger partial charge in [-0.3, -0.25) is 14.6 Å². The Balaban J connectivity index is 1.66. The Bertz CT molecular complexity index is 1120. The SMILES string of the molecule is CC(c1cccc(B2OC(C)(C)C(C)(C)O2)c1)c1n[nH]cc(-c2cnn(C)c2)c1=O. The van der Waals surface area contributed by atoms with Crippen LogP contribution in [0.1, 0.15) is 51.8 Å². The van der Waals surface area contributed by atoms with Gasteiger partial charge in [0.05, 0.1) is 23.0 Å². The molecular formula is C22H27BN4O3. The minimum Gasteiger partial charge on any atom is -0.399 e. The number of benzene rings is 1. The average Bonchev–Trinajstić information content (AvgIpc) is 3.21. The summed E-state index contributed by atoms with van der Waals surface area (Å²) in [5.74, 6) is -0.201. The highest BCUT2D eigenvalue weighted by Gasteiger charge is 2.51. The number of hydrogen-bond acceptors (Lipinski definition) is 5. The van der Waals surface area contributed by atoms with Crippen molar-refractivity contribution in [1.82, 2.24) is 20.0 Å². The first-order valence-corrected chi connectivity index (χ1v) is 10.1. The number of aryl methyl sites for hydroxylation is 1. The van der Waals surface area contributed by atoms with Crippen molar-refractivity contribution in [2.24, 2.45) is 7.05 Å². The van der Waals surface area contributed by atoms with Crippen LogP contribution in [0.15, 0.2) is 47.7 Å². The molecule has 7 nitrogen and oxygen atoms in total. The van der Waals surface area contributed by atoms with Crippen LogP contribution in [0.2, 0.25) is 0 Å². The summed E-state index contributed by atoms with van der Waals surface area (Å²) in [6.07, 6.45) is 5.12. The number of hydrogen-bond donors (Lipinski definition) is 1. The molecule has 1 fully saturated rings. The molecule has 1 aliphatic heterocycles. The summed E-state index contributed by atoms with van der Waals surface area (Å²) in [5, 5.41) is 11.3. The van der Waals surface area contributed by atoms with Crippen LogP contribution in [0.25, 0.3) is 11.1 Å². The highest BCUT2D eigenvalue weighted by molar-refractivity contribution is 6.62. The van der Waals surface area contributed by atoms with E-state index in [4.69, 9.17) is 9.31 Å². The van der Waals surface area contributed by atoms with E-state index in [1.807, 2.05) is 72.1 Å². The number of aromatic amines is 1. The molecule has 0 radical (unpaired) electrons. The fraction of sp³-hybridized carbons (Fsp3) is 0.409. The van der Waals surface area contributed by atoms with Gasteiger partial charge in [0.15, 0.2) is 0 Å². The summed E-state index contributed by atoms with van der Waals surface area (Å²) >= 11 is 0. The van der Waals surface area contributed by atoms with Crippen molar-refractivity contribution in [2.75, 3.05) is 0 Å². The Morgan fingerprint density at radius 2 is 1.87 bits per heavy atom. The van der Waals surface area contributed by atoms with Gasteiger partial charge in [0.2, 0.25) is 5.43 Å². The summed E-state index contributed by atoms with van der Waals surface area (Å²) in [7, 11) is 1.37. The summed E-state index contributed by atoms with van der Waals surface area (Å²) in [4.78, 5) is 13.1. The van der Waals surface area contributed by atoms with Crippen molar-refractivity contribution < 1.29 is 9.31 Å². The Morgan fingerprint density at radius 3 is 2.50 bits per heavy atom. The van der Waals surface area contributed by atoms with Gasteiger partial charge in [0.25, 0.3) is 0 Å². The lowest BCUT2D eigenvalue weighted by molar-refractivity contribution is 0.00578. The fourth-order valence-corrected chi connectivity index (χ4v) is 3.60. The van der Waals surface area contributed by atoms with E-state index in [-0.39, 0.29) is 11.3 Å². The minimum atomic E-state index is -0.449. The van der Waals surface area contributed by atoms with Gasteiger partial charge in [-0.2, -0.15) is 10.2 Å². The average molecular weight is 406 g/mol. The zero-order chi connectivity index (χ0) is 21.7. The quantitative estimate of drug-likeness (QED) is 0.674. The molecule has 1 saturated heterocycles. The zero-order valence-corrected chi connectivity index (χ0v) is 18.3. The summed E-state index contributed by atoms with van der Waals surface area (Å²) in [6.45, 7) is 10.1. The Labute approximate surface area is 176 Å². The molecule has 1 N–H and O–H groups in total. The number of nitrogens with one attached hydrogen (secondary N) is 1. The largest absolute Gasteiger partial charge is 0.494 e. The van der Waals surface area contributed by atoms with Crippen LogP contribution in [-0.4, -0.2) is 38.3 Å². The second kappa shape index (κ2) is 7.21. The molecule has 0 spiro atoms. The van der Waals surface area contributed by atoms with Crippen LogP contribution in [0.5, 0.6) is 0 Å². The third-order valence-electron chi connectivity index (χ3n) is 6.23. The van der Waals surface area contributed by atoms with Gasteiger partial charge < -0.3 is 9.31 Å². The predicted molar refractivity (Wildman–Crippen MR) is 117 cm³/mol. The van der Waals surface area contributed by atoms with E-state index >= 15 is 0 Å². The number of nitrogens with zero attached hydrogens (tertiary/aromatic N) is 3. The zero-order valence-electron chi connectivity index (χ0n) is 18.3. The molecule has 1 aromatic carbocycles. The molecule has 2 aromatic heterocycles. The van der Waals surface area contributed by atoms with E-state index < -0.39 is 18.3 Å². The summed E-state index contributed by atoms with van der Waals surface area (Å²) in [5.41, 5.74) is 2.77. The van der Waals surface area contributed by atoms with Gasteiger partial charge in [-0.05, 0) is 38.7 Å². The van der Waals surface area contributed by atoms with Gasteiger partial charge in [-0.15, -0.1) is 0 Å². The van der Waals surface area contributed by atoms with E-state index in [1.165, 1.54) is 0 Å². The van der Waals surface area contributed by atoms with Gasteiger partial charge in [-0.1, -0.05) is 31.2 Å². The molecule has 4 rings (SSSR count). The predicted octanol–water partition coefficient (Wildman–Crippen LogP) is 2.62. The highest BCUT2D eigenvalue weighted by atomic mass is 16.7. The van der Waals surface area contributed by atoms with Crippen LogP contribution in [0.4, 0.5) is 0 Å². The van der Waals surface area contributed by atoms with E-state index in [0.717, 1.165) is 16.6 Å². The second-order valence-electron chi connectivity index (χ2n) is 8.90. The number of aromatic nitrogens is 4. The van der Waals surface area contributed by atoms with Crippen molar-refractivity contribution >= 4 is 12.6 Å². The first-order chi connectivity index (χ1) is 14.1. The molecule has 1 unspecified atom stereocenters. The van der Waals surface area contributed by atoms with Crippen LogP contribution in [0, 0.1) is 0 Å². The summed E-state index contributed by atoms with van der Waals surface area (Å²) < 4.78 is 14.0. The van der Waals surface area contributed by atoms with Crippen LogP contribution < -0.4 is 10.9 Å². The Morgan fingerprint density at radius 1 is 1.17 bits per heavy atom. The van der Waals surface area contributed by atoms with Crippen LogP contribution in [0.3, 0.4) is 0 Å². The molecule has 1 aliphatic rings. The first kappa shape index (κ1) is 20.6. The Kier molecular flexibility index (Phi) is 4.94. The molecule has 3 heterocycles. The van der Waals surface area contributed by atoms with E-state index in [2.05, 4.69) is 15.3 Å². The Hall–Kier alpha value is -2.71. The maximum absolute atomic E-state index is 13.1. The molecule has 0 bridgehead atoms. The normalized spacial score (nSPS) is 18.5. The van der Waals surface area contributed by atoms with Crippen molar-refractivity contribution in [1.29, 1.82) is 0 Å². The lowest BCUT2D eigenvalue weighted by atomic mass is 9.77. The number of rotatable bonds is 4. The standard InChI is InChI=1S/C22H27BN4O3/c1-14(19-20(28)18(12-24-26-19)16-11-25-27(6)13-16)15-8-7-9-17(10-15)23-29-21(2,3)22(4,5)30-23/h7-14H,1-6H3,(H,24,28). The molecule has 156 valence electrons. The van der Waals surface area contributed by atoms with Gasteiger partial charge in [0.1, 0.15) is 5.69 Å². The van der Waals surface area contributed by atoms with Crippen LogP contribution >= 0.6 is 0 Å². The molecule has 3 aromatic rings. The molecule has 0 aliphatic carbocycles. The van der Waals surface area contributed by atoms with Crippen molar-refractivity contribution in [3.05, 3.63) is 64.3 Å². The topological polar surface area (TPSA) is 82.0 Å². The first-order valence-electron chi connectivity index (χ1n) is 10.1. The van der Waals surface area contributed by atoms with Crippen LogP contribution in [-0.2, 0) is 16.4 Å². The maximum atomic E-state index is 13.1. The molecular weight excluding hydrogens is 379 g/mol. The summed E-state index contributed by atoms with van der Waals surface area (Å²) in [6, 6.07) is 7.98. The van der Waals surface area contributed by atoms with Crippen molar-refractivity contribution in [3.8, 4) is 11.1 Å². The molecule has 1 atom stereocenters. The lowest BCUT2D eigenvalue weighted by Crippen LogP contribution is -2.41. The third kappa shape index (κ3) is 3.50. The molecule has 8 heteroatoms. The minimum absolute atomic E-state index is 0.102.